The summed E-state index contributed by atoms with van der Waals surface area (Å²) in [6.07, 6.45) is 7.25. The maximum Gasteiger partial charge on any atom is 0.304 e. The molecule has 1 N–H and O–H groups in total. The zero-order valence-corrected chi connectivity index (χ0v) is 21.8. The zero-order valence-electron chi connectivity index (χ0n) is 21.0. The van der Waals surface area contributed by atoms with Crippen LogP contribution in [0, 0.1) is 17.8 Å². The Bertz CT molecular complexity index is 1240. The molecule has 1 saturated carbocycles. The molecule has 1 amide bonds. The Morgan fingerprint density at radius 1 is 1.03 bits per heavy atom. The van der Waals surface area contributed by atoms with Crippen molar-refractivity contribution in [1.82, 2.24) is 15.2 Å². The first kappa shape index (κ1) is 25.3. The van der Waals surface area contributed by atoms with E-state index in [1.165, 1.54) is 24.2 Å². The Kier molecular flexibility index (Phi) is 7.79. The van der Waals surface area contributed by atoms with Crippen molar-refractivity contribution < 1.29 is 19.4 Å². The van der Waals surface area contributed by atoms with Gasteiger partial charge in [0.2, 0.25) is 11.8 Å². The second-order valence-electron chi connectivity index (χ2n) is 9.92. The largest absolute Gasteiger partial charge is 0.481 e. The van der Waals surface area contributed by atoms with Gasteiger partial charge in [0.05, 0.1) is 30.8 Å². The lowest BCUT2D eigenvalue weighted by atomic mass is 9.74. The Labute approximate surface area is 220 Å². The highest BCUT2D eigenvalue weighted by Crippen LogP contribution is 2.42. The molecule has 2 atom stereocenters. The number of nitrogens with zero attached hydrogens (tertiary/aromatic N) is 4. The summed E-state index contributed by atoms with van der Waals surface area (Å²) in [4.78, 5) is 32.3. The molecule has 3 heterocycles. The molecule has 1 aliphatic carbocycles. The molecule has 1 aliphatic heterocycles. The van der Waals surface area contributed by atoms with Crippen molar-refractivity contribution in [2.45, 2.75) is 51.4 Å². The van der Waals surface area contributed by atoms with Gasteiger partial charge >= 0.3 is 5.97 Å². The summed E-state index contributed by atoms with van der Waals surface area (Å²) in [7, 11) is 1.55. The molecule has 0 radical (unpaired) electrons. The number of hydrogen-bond acceptors (Lipinski definition) is 7. The molecule has 9 heteroatoms. The highest BCUT2D eigenvalue weighted by atomic mass is 32.1. The van der Waals surface area contributed by atoms with Gasteiger partial charge in [-0.1, -0.05) is 56.4 Å². The third-order valence-electron chi connectivity index (χ3n) is 7.72. The fourth-order valence-electron chi connectivity index (χ4n) is 5.93. The Balaban J connectivity index is 1.45. The number of ether oxygens (including phenoxy) is 1. The number of methoxy groups -OCH3 is 1. The molecule has 3 aromatic rings. The average molecular weight is 521 g/mol. The van der Waals surface area contributed by atoms with Gasteiger partial charge in [-0.25, -0.2) is 4.98 Å². The second-order valence-corrected chi connectivity index (χ2v) is 10.8. The first-order valence-electron chi connectivity index (χ1n) is 13.0. The predicted octanol–water partition coefficient (Wildman–Crippen LogP) is 5.69. The number of benzene rings is 1. The van der Waals surface area contributed by atoms with Crippen LogP contribution in [0.3, 0.4) is 0 Å². The molecule has 194 valence electrons. The molecule has 2 fully saturated rings. The smallest absolute Gasteiger partial charge is 0.304 e. The van der Waals surface area contributed by atoms with Gasteiger partial charge in [-0.05, 0) is 30.7 Å². The van der Waals surface area contributed by atoms with Crippen LogP contribution in [-0.2, 0) is 9.59 Å². The maximum atomic E-state index is 13.9. The molecule has 0 spiro atoms. The van der Waals surface area contributed by atoms with Gasteiger partial charge in [-0.2, -0.15) is 0 Å². The topological polar surface area (TPSA) is 106 Å². The van der Waals surface area contributed by atoms with E-state index in [0.29, 0.717) is 29.2 Å². The van der Waals surface area contributed by atoms with E-state index in [1.54, 1.807) is 18.1 Å². The van der Waals surface area contributed by atoms with Crippen molar-refractivity contribution in [2.24, 2.45) is 17.8 Å². The lowest BCUT2D eigenvalue weighted by molar-refractivity contribution is -0.142. The van der Waals surface area contributed by atoms with Gasteiger partial charge in [0.1, 0.15) is 0 Å². The number of aliphatic carboxylic acids is 1. The van der Waals surface area contributed by atoms with Crippen molar-refractivity contribution in [3.63, 3.8) is 0 Å². The van der Waals surface area contributed by atoms with Gasteiger partial charge in [-0.3, -0.25) is 14.5 Å². The number of rotatable bonds is 7. The molecule has 0 bridgehead atoms. The molecule has 2 aromatic heterocycles. The van der Waals surface area contributed by atoms with Crippen LogP contribution >= 0.6 is 11.3 Å². The van der Waals surface area contributed by atoms with Crippen LogP contribution in [0.2, 0.25) is 0 Å². The van der Waals surface area contributed by atoms with Crippen molar-refractivity contribution in [2.75, 3.05) is 18.6 Å². The highest BCUT2D eigenvalue weighted by Gasteiger charge is 2.40. The molecule has 1 saturated heterocycles. The lowest BCUT2D eigenvalue weighted by Crippen LogP contribution is -2.44. The fraction of sp³-hybridized carbons (Fsp3) is 0.464. The Hall–Kier alpha value is -3.33. The number of carbonyl (C=O) groups is 2. The number of aromatic nitrogens is 3. The monoisotopic (exact) mass is 520 g/mol. The summed E-state index contributed by atoms with van der Waals surface area (Å²) in [5, 5.41) is 20.7. The number of carboxylic acids is 1. The number of amides is 1. The quantitative estimate of drug-likeness (QED) is 0.427. The molecule has 2 aliphatic rings. The minimum Gasteiger partial charge on any atom is -0.481 e. The van der Waals surface area contributed by atoms with E-state index in [-0.39, 0.29) is 18.2 Å². The SMILES string of the molecule is COc1ccc(-c2ccccc2-c2csc(N3CCCCC(C4CCCC4)C(CC(=O)O)C3=O)n2)nn1. The van der Waals surface area contributed by atoms with Gasteiger partial charge in [0.15, 0.2) is 5.13 Å². The minimum atomic E-state index is -0.906. The number of carbonyl (C=O) groups excluding carboxylic acids is 1. The van der Waals surface area contributed by atoms with E-state index >= 15 is 0 Å². The van der Waals surface area contributed by atoms with Crippen LogP contribution in [0.1, 0.15) is 51.4 Å². The summed E-state index contributed by atoms with van der Waals surface area (Å²) in [5.74, 6) is -0.486. The third-order valence-corrected chi connectivity index (χ3v) is 8.58. The van der Waals surface area contributed by atoms with Crippen molar-refractivity contribution in [3.05, 3.63) is 41.8 Å². The Morgan fingerprint density at radius 3 is 2.43 bits per heavy atom. The molecule has 5 rings (SSSR count). The van der Waals surface area contributed by atoms with Gasteiger partial charge in [-0.15, -0.1) is 21.5 Å². The molecule has 37 heavy (non-hydrogen) atoms. The summed E-state index contributed by atoms with van der Waals surface area (Å²) in [6.45, 7) is 0.560. The summed E-state index contributed by atoms with van der Waals surface area (Å²) >= 11 is 1.43. The van der Waals surface area contributed by atoms with Gasteiger partial charge in [0, 0.05) is 29.1 Å². The number of hydrogen-bond donors (Lipinski definition) is 1. The highest BCUT2D eigenvalue weighted by molar-refractivity contribution is 7.14. The van der Waals surface area contributed by atoms with Crippen molar-refractivity contribution >= 4 is 28.3 Å². The van der Waals surface area contributed by atoms with Crippen LogP contribution in [0.4, 0.5) is 5.13 Å². The standard InChI is InChI=1S/C28H32N4O4S/c1-36-25-14-13-23(30-31-25)20-11-4-5-12-21(20)24-17-37-28(29-24)32-15-7-6-10-19(18-8-2-3-9-18)22(27(32)35)16-26(33)34/h4-5,11-14,17-19,22H,2-3,6-10,15-16H2,1H3,(H,33,34). The first-order chi connectivity index (χ1) is 18.0. The van der Waals surface area contributed by atoms with Crippen molar-refractivity contribution in [1.29, 1.82) is 0 Å². The number of thiazole rings is 1. The van der Waals surface area contributed by atoms with Crippen molar-refractivity contribution in [3.8, 4) is 28.4 Å². The molecular weight excluding hydrogens is 488 g/mol. The number of anilines is 1. The lowest BCUT2D eigenvalue weighted by Gasteiger charge is -2.35. The van der Waals surface area contributed by atoms with Crippen LogP contribution < -0.4 is 9.64 Å². The van der Waals surface area contributed by atoms with Gasteiger partial charge in [0.25, 0.3) is 0 Å². The average Bonchev–Trinajstić information content (AvgIpc) is 3.62. The maximum absolute atomic E-state index is 13.9. The van der Waals surface area contributed by atoms with Gasteiger partial charge < -0.3 is 9.84 Å². The third kappa shape index (κ3) is 5.51. The van der Waals surface area contributed by atoms with Crippen LogP contribution in [-0.4, -0.2) is 45.8 Å². The van der Waals surface area contributed by atoms with Crippen LogP contribution in [0.25, 0.3) is 22.5 Å². The fourth-order valence-corrected chi connectivity index (χ4v) is 6.78. The molecular formula is C28H32N4O4S. The second kappa shape index (κ2) is 11.4. The van der Waals surface area contributed by atoms with E-state index in [4.69, 9.17) is 9.72 Å². The van der Waals surface area contributed by atoms with Crippen LogP contribution in [0.15, 0.2) is 41.8 Å². The predicted molar refractivity (Wildman–Crippen MR) is 143 cm³/mol. The van der Waals surface area contributed by atoms with E-state index in [9.17, 15) is 14.7 Å². The summed E-state index contributed by atoms with van der Waals surface area (Å²) in [6, 6.07) is 11.5. The molecule has 1 aromatic carbocycles. The zero-order chi connectivity index (χ0) is 25.8. The molecule has 8 nitrogen and oxygen atoms in total. The number of carboxylic acid groups (broad SMARTS) is 1. The first-order valence-corrected chi connectivity index (χ1v) is 13.9. The molecule has 2 unspecified atom stereocenters. The van der Waals surface area contributed by atoms with E-state index in [2.05, 4.69) is 10.2 Å². The van der Waals surface area contributed by atoms with E-state index in [1.807, 2.05) is 35.7 Å². The summed E-state index contributed by atoms with van der Waals surface area (Å²) < 4.78 is 5.13. The normalized spacial score (nSPS) is 21.0. The van der Waals surface area contributed by atoms with Crippen LogP contribution in [0.5, 0.6) is 5.88 Å². The summed E-state index contributed by atoms with van der Waals surface area (Å²) in [5.41, 5.74) is 3.24. The van der Waals surface area contributed by atoms with E-state index in [0.717, 1.165) is 48.9 Å². The minimum absolute atomic E-state index is 0.0887. The van der Waals surface area contributed by atoms with E-state index < -0.39 is 11.9 Å². The Morgan fingerprint density at radius 2 is 1.76 bits per heavy atom.